The molecule has 5 heteroatoms. The third-order valence-corrected chi connectivity index (χ3v) is 5.41. The van der Waals surface area contributed by atoms with Crippen molar-refractivity contribution in [2.24, 2.45) is 11.7 Å². The van der Waals surface area contributed by atoms with Crippen LogP contribution in [0, 0.1) is 5.92 Å². The van der Waals surface area contributed by atoms with Crippen molar-refractivity contribution >= 4 is 5.91 Å². The van der Waals surface area contributed by atoms with E-state index in [4.69, 9.17) is 10.5 Å². The minimum absolute atomic E-state index is 0.162. The summed E-state index contributed by atoms with van der Waals surface area (Å²) in [5.74, 6) is 0.222. The Bertz CT molecular complexity index is 342. The van der Waals surface area contributed by atoms with Crippen molar-refractivity contribution < 1.29 is 9.53 Å². The molecular weight excluding hydrogens is 266 g/mol. The minimum Gasteiger partial charge on any atom is -0.381 e. The van der Waals surface area contributed by atoms with Crippen LogP contribution in [0.1, 0.15) is 45.4 Å². The van der Waals surface area contributed by atoms with Crippen LogP contribution in [0.5, 0.6) is 0 Å². The number of amides is 1. The molecule has 2 fully saturated rings. The number of hydrogen-bond donors (Lipinski definition) is 2. The van der Waals surface area contributed by atoms with E-state index in [0.29, 0.717) is 12.0 Å². The molecule has 2 unspecified atom stereocenters. The van der Waals surface area contributed by atoms with Gasteiger partial charge in [-0.05, 0) is 51.1 Å². The Kier molecular flexibility index (Phi) is 6.02. The number of nitrogens with two attached hydrogens (primary N) is 1. The number of carbonyl (C=O) groups is 1. The van der Waals surface area contributed by atoms with E-state index in [9.17, 15) is 4.79 Å². The molecule has 2 rings (SSSR count). The fourth-order valence-corrected chi connectivity index (χ4v) is 4.14. The fraction of sp³-hybridized carbons (Fsp3) is 0.938. The minimum atomic E-state index is -0.459. The van der Waals surface area contributed by atoms with Crippen molar-refractivity contribution in [1.29, 1.82) is 0 Å². The Morgan fingerprint density at radius 1 is 1.38 bits per heavy atom. The number of primary amides is 1. The third kappa shape index (κ3) is 3.76. The van der Waals surface area contributed by atoms with Crippen molar-refractivity contribution in [2.45, 2.75) is 57.1 Å². The monoisotopic (exact) mass is 297 g/mol. The van der Waals surface area contributed by atoms with Crippen molar-refractivity contribution in [1.82, 2.24) is 10.2 Å². The maximum atomic E-state index is 12.0. The number of nitrogens with zero attached hydrogens (tertiary/aromatic N) is 1. The number of piperidine rings is 1. The number of hydrogen-bond acceptors (Lipinski definition) is 4. The molecule has 1 heterocycles. The lowest BCUT2D eigenvalue weighted by molar-refractivity contribution is -0.126. The highest BCUT2D eigenvalue weighted by Crippen LogP contribution is 2.38. The van der Waals surface area contributed by atoms with E-state index in [0.717, 1.165) is 64.7 Å². The zero-order valence-electron chi connectivity index (χ0n) is 13.6. The van der Waals surface area contributed by atoms with Crippen LogP contribution in [0.25, 0.3) is 0 Å². The lowest BCUT2D eigenvalue weighted by atomic mass is 9.83. The number of nitrogens with one attached hydrogen (secondary N) is 1. The molecule has 5 nitrogen and oxygen atoms in total. The maximum Gasteiger partial charge on any atom is 0.238 e. The first kappa shape index (κ1) is 16.7. The summed E-state index contributed by atoms with van der Waals surface area (Å²) in [5.41, 5.74) is 5.26. The number of carbonyl (C=O) groups excluding carboxylic acids is 1. The van der Waals surface area contributed by atoms with E-state index in [2.05, 4.69) is 17.1 Å². The van der Waals surface area contributed by atoms with Crippen molar-refractivity contribution in [3.05, 3.63) is 0 Å². The van der Waals surface area contributed by atoms with E-state index in [1.54, 1.807) is 7.11 Å². The molecule has 0 aromatic carbocycles. The van der Waals surface area contributed by atoms with Crippen LogP contribution >= 0.6 is 0 Å². The fourth-order valence-electron chi connectivity index (χ4n) is 4.14. The predicted molar refractivity (Wildman–Crippen MR) is 84.0 cm³/mol. The van der Waals surface area contributed by atoms with Gasteiger partial charge in [-0.1, -0.05) is 13.3 Å². The quantitative estimate of drug-likeness (QED) is 0.739. The molecule has 1 saturated heterocycles. The highest BCUT2D eigenvalue weighted by Gasteiger charge is 2.46. The summed E-state index contributed by atoms with van der Waals surface area (Å²) in [6.07, 6.45) is 6.85. The lowest BCUT2D eigenvalue weighted by Gasteiger charge is -2.36. The summed E-state index contributed by atoms with van der Waals surface area (Å²) in [4.78, 5) is 14.5. The molecule has 2 aliphatic rings. The number of methoxy groups -OCH3 is 1. The van der Waals surface area contributed by atoms with Crippen molar-refractivity contribution in [3.63, 3.8) is 0 Å². The number of likely N-dealkylation sites (N-methyl/N-ethyl adjacent to an activating group) is 1. The highest BCUT2D eigenvalue weighted by atomic mass is 16.5. The van der Waals surface area contributed by atoms with Crippen LogP contribution < -0.4 is 11.1 Å². The van der Waals surface area contributed by atoms with Crippen LogP contribution in [-0.4, -0.2) is 55.7 Å². The normalized spacial score (nSPS) is 31.6. The van der Waals surface area contributed by atoms with E-state index in [-0.39, 0.29) is 5.91 Å². The zero-order valence-corrected chi connectivity index (χ0v) is 13.6. The molecule has 21 heavy (non-hydrogen) atoms. The summed E-state index contributed by atoms with van der Waals surface area (Å²) >= 11 is 0. The second-order valence-corrected chi connectivity index (χ2v) is 6.52. The molecule has 0 radical (unpaired) electrons. The second-order valence-electron chi connectivity index (χ2n) is 6.52. The van der Waals surface area contributed by atoms with Gasteiger partial charge in [0.25, 0.3) is 0 Å². The molecule has 1 aliphatic carbocycles. The summed E-state index contributed by atoms with van der Waals surface area (Å²) in [5, 5.41) is 3.40. The molecule has 0 aromatic rings. The first-order valence-corrected chi connectivity index (χ1v) is 8.42. The Morgan fingerprint density at radius 3 is 2.67 bits per heavy atom. The maximum absolute atomic E-state index is 12.0. The largest absolute Gasteiger partial charge is 0.381 e. The van der Waals surface area contributed by atoms with E-state index in [1.165, 1.54) is 0 Å². The standard InChI is InChI=1S/C16H31N3O2/c1-3-18-16(15(17)20)9-4-5-13(16)6-10-19-11-7-14(21-2)8-12-19/h13-14,18H,3-12H2,1-2H3,(H2,17,20). The second kappa shape index (κ2) is 7.56. The first-order valence-electron chi connectivity index (χ1n) is 8.42. The van der Waals surface area contributed by atoms with Gasteiger partial charge < -0.3 is 20.7 Å². The van der Waals surface area contributed by atoms with E-state index >= 15 is 0 Å². The summed E-state index contributed by atoms with van der Waals surface area (Å²) < 4.78 is 5.42. The topological polar surface area (TPSA) is 67.6 Å². The Labute approximate surface area is 128 Å². The van der Waals surface area contributed by atoms with Crippen LogP contribution in [0.15, 0.2) is 0 Å². The van der Waals surface area contributed by atoms with Crippen LogP contribution in [0.2, 0.25) is 0 Å². The van der Waals surface area contributed by atoms with Gasteiger partial charge in [-0.2, -0.15) is 0 Å². The van der Waals surface area contributed by atoms with Gasteiger partial charge in [0, 0.05) is 20.2 Å². The van der Waals surface area contributed by atoms with Gasteiger partial charge in [-0.25, -0.2) is 0 Å². The molecule has 122 valence electrons. The lowest BCUT2D eigenvalue weighted by Crippen LogP contribution is -2.58. The number of ether oxygens (including phenoxy) is 1. The molecule has 3 N–H and O–H groups in total. The van der Waals surface area contributed by atoms with Crippen molar-refractivity contribution in [2.75, 3.05) is 33.3 Å². The van der Waals surface area contributed by atoms with E-state index in [1.807, 2.05) is 0 Å². The molecule has 1 aliphatic heterocycles. The van der Waals surface area contributed by atoms with Gasteiger partial charge in [-0.3, -0.25) is 4.79 Å². The molecule has 0 spiro atoms. The molecule has 0 bridgehead atoms. The molecule has 1 amide bonds. The van der Waals surface area contributed by atoms with Crippen molar-refractivity contribution in [3.8, 4) is 0 Å². The number of rotatable bonds is 7. The van der Waals surface area contributed by atoms with Crippen LogP contribution in [-0.2, 0) is 9.53 Å². The molecule has 0 aromatic heterocycles. The van der Waals surface area contributed by atoms with Gasteiger partial charge in [0.05, 0.1) is 6.10 Å². The molecule has 1 saturated carbocycles. The SMILES string of the molecule is CCNC1(C(N)=O)CCCC1CCN1CCC(OC)CC1. The Balaban J connectivity index is 1.85. The van der Waals surface area contributed by atoms with Gasteiger partial charge in [0.1, 0.15) is 5.54 Å². The average Bonchev–Trinajstić information content (AvgIpc) is 2.90. The Morgan fingerprint density at radius 2 is 2.10 bits per heavy atom. The summed E-state index contributed by atoms with van der Waals surface area (Å²) in [6, 6.07) is 0. The van der Waals surface area contributed by atoms with Crippen LogP contribution in [0.3, 0.4) is 0 Å². The Hall–Kier alpha value is -0.650. The number of likely N-dealkylation sites (tertiary alicyclic amines) is 1. The van der Waals surface area contributed by atoms with Gasteiger partial charge in [0.15, 0.2) is 0 Å². The van der Waals surface area contributed by atoms with Crippen LogP contribution in [0.4, 0.5) is 0 Å². The van der Waals surface area contributed by atoms with Gasteiger partial charge in [0.2, 0.25) is 5.91 Å². The predicted octanol–water partition coefficient (Wildman–Crippen LogP) is 1.12. The molecule has 2 atom stereocenters. The highest BCUT2D eigenvalue weighted by molar-refractivity contribution is 5.85. The van der Waals surface area contributed by atoms with Gasteiger partial charge >= 0.3 is 0 Å². The third-order valence-electron chi connectivity index (χ3n) is 5.41. The smallest absolute Gasteiger partial charge is 0.238 e. The molecular formula is C16H31N3O2. The van der Waals surface area contributed by atoms with E-state index < -0.39 is 5.54 Å². The zero-order chi connectivity index (χ0) is 15.3. The average molecular weight is 297 g/mol. The summed E-state index contributed by atoms with van der Waals surface area (Å²) in [7, 11) is 1.80. The summed E-state index contributed by atoms with van der Waals surface area (Å²) in [6.45, 7) is 6.14. The van der Waals surface area contributed by atoms with Gasteiger partial charge in [-0.15, -0.1) is 0 Å². The first-order chi connectivity index (χ1) is 10.1.